The average molecular weight is 327 g/mol. The summed E-state index contributed by atoms with van der Waals surface area (Å²) in [7, 11) is 0. The van der Waals surface area contributed by atoms with Crippen molar-refractivity contribution >= 4 is 29.2 Å². The van der Waals surface area contributed by atoms with Gasteiger partial charge in [-0.05, 0) is 24.3 Å². The first-order valence-electron chi connectivity index (χ1n) is 6.00. The van der Waals surface area contributed by atoms with E-state index in [1.165, 1.54) is 24.4 Å². The summed E-state index contributed by atoms with van der Waals surface area (Å²) in [6.07, 6.45) is 1.40. The predicted molar refractivity (Wildman–Crippen MR) is 74.5 cm³/mol. The molecule has 5 nitrogen and oxygen atoms in total. The number of esters is 1. The van der Waals surface area contributed by atoms with Crippen LogP contribution in [0.2, 0.25) is 5.15 Å². The number of amides is 1. The number of ether oxygens (including phenoxy) is 1. The van der Waals surface area contributed by atoms with Gasteiger partial charge in [0.05, 0.1) is 5.56 Å². The number of pyridine rings is 1. The molecule has 1 aromatic carbocycles. The molecule has 1 amide bonds. The fraction of sp³-hybridized carbons (Fsp3) is 0.0714. The lowest BCUT2D eigenvalue weighted by Crippen LogP contribution is -2.21. The lowest BCUT2D eigenvalue weighted by molar-refractivity contribution is -0.119. The van der Waals surface area contributed by atoms with Gasteiger partial charge in [-0.3, -0.25) is 4.79 Å². The number of anilines is 1. The van der Waals surface area contributed by atoms with Crippen LogP contribution >= 0.6 is 11.6 Å². The predicted octanol–water partition coefficient (Wildman–Crippen LogP) is 2.81. The minimum Gasteiger partial charge on any atom is -0.452 e. The zero-order valence-corrected chi connectivity index (χ0v) is 11.7. The second kappa shape index (κ2) is 6.95. The van der Waals surface area contributed by atoms with Gasteiger partial charge in [-0.25, -0.2) is 18.6 Å². The molecule has 0 fully saturated rings. The number of hydrogen-bond acceptors (Lipinski definition) is 4. The molecule has 0 aliphatic rings. The second-order valence-corrected chi connectivity index (χ2v) is 4.45. The average Bonchev–Trinajstić information content (AvgIpc) is 2.49. The number of benzene rings is 1. The van der Waals surface area contributed by atoms with Crippen LogP contribution in [0, 0.1) is 11.6 Å². The molecule has 2 rings (SSSR count). The zero-order valence-electron chi connectivity index (χ0n) is 11.0. The van der Waals surface area contributed by atoms with E-state index in [9.17, 15) is 18.4 Å². The second-order valence-electron chi connectivity index (χ2n) is 4.09. The van der Waals surface area contributed by atoms with Crippen molar-refractivity contribution in [1.82, 2.24) is 4.98 Å². The minimum atomic E-state index is -1.10. The van der Waals surface area contributed by atoms with Gasteiger partial charge in [-0.2, -0.15) is 0 Å². The number of aromatic nitrogens is 1. The van der Waals surface area contributed by atoms with Crippen LogP contribution in [0.25, 0.3) is 0 Å². The van der Waals surface area contributed by atoms with Crippen molar-refractivity contribution in [1.29, 1.82) is 0 Å². The highest BCUT2D eigenvalue weighted by Crippen LogP contribution is 2.14. The van der Waals surface area contributed by atoms with E-state index in [1.807, 2.05) is 0 Å². The highest BCUT2D eigenvalue weighted by molar-refractivity contribution is 6.32. The van der Waals surface area contributed by atoms with Crippen molar-refractivity contribution in [2.24, 2.45) is 0 Å². The van der Waals surface area contributed by atoms with Gasteiger partial charge in [-0.15, -0.1) is 0 Å². The molecule has 0 spiro atoms. The lowest BCUT2D eigenvalue weighted by atomic mass is 10.3. The highest BCUT2D eigenvalue weighted by atomic mass is 35.5. The lowest BCUT2D eigenvalue weighted by Gasteiger charge is -2.07. The van der Waals surface area contributed by atoms with Crippen molar-refractivity contribution in [2.75, 3.05) is 11.9 Å². The molecule has 8 heteroatoms. The maximum absolute atomic E-state index is 13.0. The van der Waals surface area contributed by atoms with E-state index in [0.29, 0.717) is 0 Å². The smallest absolute Gasteiger partial charge is 0.341 e. The Balaban J connectivity index is 1.91. The molecule has 1 aromatic heterocycles. The maximum Gasteiger partial charge on any atom is 0.341 e. The first kappa shape index (κ1) is 15.8. The Hall–Kier alpha value is -2.54. The summed E-state index contributed by atoms with van der Waals surface area (Å²) in [6, 6.07) is 5.74. The van der Waals surface area contributed by atoms with Crippen LogP contribution in [0.1, 0.15) is 10.4 Å². The third-order valence-corrected chi connectivity index (χ3v) is 2.82. The molecule has 114 valence electrons. The largest absolute Gasteiger partial charge is 0.452 e. The topological polar surface area (TPSA) is 68.3 Å². The number of nitrogens with zero attached hydrogens (tertiary/aromatic N) is 1. The Kier molecular flexibility index (Phi) is 5.00. The standard InChI is InChI=1S/C14H9ClF2N2O3/c15-13-9(2-1-5-18-13)14(21)22-7-12(20)19-8-3-4-10(16)11(17)6-8/h1-6H,7H2,(H,19,20). The molecule has 1 heterocycles. The number of rotatable bonds is 4. The van der Waals surface area contributed by atoms with Gasteiger partial charge >= 0.3 is 5.97 Å². The molecule has 0 saturated carbocycles. The first-order valence-corrected chi connectivity index (χ1v) is 6.37. The Morgan fingerprint density at radius 3 is 2.68 bits per heavy atom. The Morgan fingerprint density at radius 1 is 1.23 bits per heavy atom. The van der Waals surface area contributed by atoms with Crippen LogP contribution in [0.3, 0.4) is 0 Å². The summed E-state index contributed by atoms with van der Waals surface area (Å²) >= 11 is 5.71. The molecule has 2 aromatic rings. The third-order valence-electron chi connectivity index (χ3n) is 2.52. The molecule has 0 bridgehead atoms. The zero-order chi connectivity index (χ0) is 16.1. The van der Waals surface area contributed by atoms with Crippen molar-refractivity contribution in [2.45, 2.75) is 0 Å². The molecular weight excluding hydrogens is 318 g/mol. The van der Waals surface area contributed by atoms with E-state index >= 15 is 0 Å². The van der Waals surface area contributed by atoms with Crippen molar-refractivity contribution in [3.8, 4) is 0 Å². The fourth-order valence-corrected chi connectivity index (χ4v) is 1.71. The SMILES string of the molecule is O=C(COC(=O)c1cccnc1Cl)Nc1ccc(F)c(F)c1. The highest BCUT2D eigenvalue weighted by Gasteiger charge is 2.14. The summed E-state index contributed by atoms with van der Waals surface area (Å²) in [5.74, 6) is -3.66. The Morgan fingerprint density at radius 2 is 2.00 bits per heavy atom. The molecule has 0 aliphatic carbocycles. The number of carbonyl (C=O) groups excluding carboxylic acids is 2. The Labute approximate surface area is 128 Å². The molecular formula is C14H9ClF2N2O3. The molecule has 1 N–H and O–H groups in total. The van der Waals surface area contributed by atoms with Gasteiger partial charge in [0.15, 0.2) is 18.2 Å². The van der Waals surface area contributed by atoms with Gasteiger partial charge in [0.1, 0.15) is 5.15 Å². The number of halogens is 3. The monoisotopic (exact) mass is 326 g/mol. The van der Waals surface area contributed by atoms with E-state index in [4.69, 9.17) is 16.3 Å². The van der Waals surface area contributed by atoms with Gasteiger partial charge in [0.2, 0.25) is 0 Å². The van der Waals surface area contributed by atoms with E-state index in [-0.39, 0.29) is 16.4 Å². The molecule has 0 unspecified atom stereocenters. The summed E-state index contributed by atoms with van der Waals surface area (Å²) in [6.45, 7) is -0.608. The summed E-state index contributed by atoms with van der Waals surface area (Å²) < 4.78 is 30.5. The van der Waals surface area contributed by atoms with Gasteiger partial charge in [-0.1, -0.05) is 11.6 Å². The maximum atomic E-state index is 13.0. The molecule has 0 radical (unpaired) electrons. The van der Waals surface area contributed by atoms with Crippen LogP contribution < -0.4 is 5.32 Å². The Bertz CT molecular complexity index is 725. The number of carbonyl (C=O) groups is 2. The quantitative estimate of drug-likeness (QED) is 0.693. The van der Waals surface area contributed by atoms with Crippen molar-refractivity contribution < 1.29 is 23.1 Å². The van der Waals surface area contributed by atoms with Crippen LogP contribution in [0.5, 0.6) is 0 Å². The van der Waals surface area contributed by atoms with Crippen LogP contribution in [0.15, 0.2) is 36.5 Å². The summed E-state index contributed by atoms with van der Waals surface area (Å²) in [5, 5.41) is 2.21. The molecule has 0 atom stereocenters. The number of nitrogens with one attached hydrogen (secondary N) is 1. The molecule has 22 heavy (non-hydrogen) atoms. The number of hydrogen-bond donors (Lipinski definition) is 1. The summed E-state index contributed by atoms with van der Waals surface area (Å²) in [5.41, 5.74) is 0.0594. The van der Waals surface area contributed by atoms with Crippen LogP contribution in [0.4, 0.5) is 14.5 Å². The van der Waals surface area contributed by atoms with E-state index < -0.39 is 30.1 Å². The van der Waals surface area contributed by atoms with Gasteiger partial charge < -0.3 is 10.1 Å². The minimum absolute atomic E-state index is 0.0183. The van der Waals surface area contributed by atoms with Crippen molar-refractivity contribution in [3.63, 3.8) is 0 Å². The normalized spacial score (nSPS) is 10.1. The van der Waals surface area contributed by atoms with Crippen molar-refractivity contribution in [3.05, 3.63) is 58.9 Å². The van der Waals surface area contributed by atoms with E-state index in [2.05, 4.69) is 10.3 Å². The molecule has 0 aliphatic heterocycles. The van der Waals surface area contributed by atoms with Gasteiger partial charge in [0, 0.05) is 18.0 Å². The fourth-order valence-electron chi connectivity index (χ4n) is 1.52. The van der Waals surface area contributed by atoms with E-state index in [0.717, 1.165) is 12.1 Å². The summed E-state index contributed by atoms with van der Waals surface area (Å²) in [4.78, 5) is 27.0. The van der Waals surface area contributed by atoms with Crippen LogP contribution in [-0.2, 0) is 9.53 Å². The molecule has 0 saturated heterocycles. The van der Waals surface area contributed by atoms with Crippen LogP contribution in [-0.4, -0.2) is 23.5 Å². The first-order chi connectivity index (χ1) is 10.5. The third kappa shape index (κ3) is 3.98. The van der Waals surface area contributed by atoms with E-state index in [1.54, 1.807) is 0 Å². The van der Waals surface area contributed by atoms with Gasteiger partial charge in [0.25, 0.3) is 5.91 Å².